The first-order valence-corrected chi connectivity index (χ1v) is 9.69. The Bertz CT molecular complexity index is 1300. The third kappa shape index (κ3) is 4.72. The van der Waals surface area contributed by atoms with Crippen LogP contribution in [0.1, 0.15) is 21.6 Å². The predicted octanol–water partition coefficient (Wildman–Crippen LogP) is 3.84. The van der Waals surface area contributed by atoms with E-state index in [2.05, 4.69) is 10.3 Å². The Morgan fingerprint density at radius 3 is 2.61 bits per heavy atom. The molecule has 7 heteroatoms. The molecule has 0 bridgehead atoms. The molecule has 0 aliphatic carbocycles. The lowest BCUT2D eigenvalue weighted by atomic mass is 10.2. The van der Waals surface area contributed by atoms with E-state index in [0.717, 1.165) is 5.56 Å². The first-order chi connectivity index (χ1) is 15.0. The highest BCUT2D eigenvalue weighted by Crippen LogP contribution is 2.19. The van der Waals surface area contributed by atoms with Crippen LogP contribution in [0.2, 0.25) is 0 Å². The summed E-state index contributed by atoms with van der Waals surface area (Å²) in [6, 6.07) is 19.1. The van der Waals surface area contributed by atoms with Gasteiger partial charge >= 0.3 is 0 Å². The smallest absolute Gasteiger partial charge is 0.258 e. The Morgan fingerprint density at radius 2 is 1.84 bits per heavy atom. The van der Waals surface area contributed by atoms with Gasteiger partial charge in [-0.1, -0.05) is 6.07 Å². The van der Waals surface area contributed by atoms with Crippen molar-refractivity contribution in [2.75, 3.05) is 12.4 Å². The molecule has 156 valence electrons. The second kappa shape index (κ2) is 8.71. The minimum atomic E-state index is -0.233. The molecule has 4 rings (SSSR count). The average molecular weight is 415 g/mol. The first-order valence-electron chi connectivity index (χ1n) is 9.69. The van der Waals surface area contributed by atoms with E-state index in [0.29, 0.717) is 34.1 Å². The number of nitrogens with one attached hydrogen (secondary N) is 1. The number of nitrogens with zero attached hydrogens (tertiary/aromatic N) is 2. The zero-order valence-electron chi connectivity index (χ0n) is 17.2. The van der Waals surface area contributed by atoms with Crippen molar-refractivity contribution in [3.63, 3.8) is 0 Å². The summed E-state index contributed by atoms with van der Waals surface area (Å²) in [4.78, 5) is 29.1. The highest BCUT2D eigenvalue weighted by Gasteiger charge is 2.08. The molecule has 0 aliphatic heterocycles. The number of aromatic nitrogens is 2. The van der Waals surface area contributed by atoms with Gasteiger partial charge in [0, 0.05) is 23.5 Å². The van der Waals surface area contributed by atoms with Crippen LogP contribution in [-0.2, 0) is 6.61 Å². The van der Waals surface area contributed by atoms with Crippen molar-refractivity contribution in [1.29, 1.82) is 0 Å². The van der Waals surface area contributed by atoms with E-state index in [1.54, 1.807) is 61.8 Å². The summed E-state index contributed by atoms with van der Waals surface area (Å²) in [6.07, 6.45) is 1.71. The number of hydrogen-bond acceptors (Lipinski definition) is 5. The predicted molar refractivity (Wildman–Crippen MR) is 118 cm³/mol. The van der Waals surface area contributed by atoms with E-state index in [1.807, 2.05) is 19.1 Å². The molecule has 1 amide bonds. The summed E-state index contributed by atoms with van der Waals surface area (Å²) < 4.78 is 12.4. The minimum absolute atomic E-state index is 0.154. The summed E-state index contributed by atoms with van der Waals surface area (Å²) in [6.45, 7) is 2.11. The molecule has 2 heterocycles. The number of carbonyl (C=O) groups excluding carboxylic acids is 1. The van der Waals surface area contributed by atoms with Crippen LogP contribution in [-0.4, -0.2) is 22.4 Å². The first kappa shape index (κ1) is 20.2. The zero-order valence-corrected chi connectivity index (χ0v) is 17.2. The highest BCUT2D eigenvalue weighted by molar-refractivity contribution is 6.04. The maximum Gasteiger partial charge on any atom is 0.258 e. The number of amides is 1. The number of anilines is 1. The van der Waals surface area contributed by atoms with Crippen LogP contribution in [0.5, 0.6) is 11.5 Å². The van der Waals surface area contributed by atoms with E-state index in [-0.39, 0.29) is 18.1 Å². The van der Waals surface area contributed by atoms with Crippen molar-refractivity contribution in [1.82, 2.24) is 9.38 Å². The summed E-state index contributed by atoms with van der Waals surface area (Å²) in [5.74, 6) is 0.989. The Kier molecular flexibility index (Phi) is 5.66. The lowest BCUT2D eigenvalue weighted by molar-refractivity contribution is 0.102. The van der Waals surface area contributed by atoms with Crippen molar-refractivity contribution in [3.8, 4) is 11.5 Å². The second-order valence-corrected chi connectivity index (χ2v) is 7.02. The Morgan fingerprint density at radius 1 is 1.03 bits per heavy atom. The molecule has 2 aromatic heterocycles. The molecule has 0 fully saturated rings. The van der Waals surface area contributed by atoms with Crippen LogP contribution in [0.3, 0.4) is 0 Å². The number of methoxy groups -OCH3 is 1. The molecule has 0 spiro atoms. The fourth-order valence-corrected chi connectivity index (χ4v) is 3.09. The number of pyridine rings is 1. The molecule has 1 N–H and O–H groups in total. The van der Waals surface area contributed by atoms with Gasteiger partial charge in [-0.15, -0.1) is 0 Å². The molecule has 0 aliphatic rings. The van der Waals surface area contributed by atoms with Gasteiger partial charge in [0.25, 0.3) is 11.5 Å². The minimum Gasteiger partial charge on any atom is -0.497 e. The van der Waals surface area contributed by atoms with E-state index in [4.69, 9.17) is 9.47 Å². The van der Waals surface area contributed by atoms with Gasteiger partial charge in [-0.25, -0.2) is 4.98 Å². The van der Waals surface area contributed by atoms with Gasteiger partial charge in [-0.05, 0) is 67.1 Å². The molecule has 0 saturated carbocycles. The Balaban J connectivity index is 1.41. The van der Waals surface area contributed by atoms with Crippen molar-refractivity contribution >= 4 is 17.2 Å². The lowest BCUT2D eigenvalue weighted by Gasteiger charge is -2.09. The van der Waals surface area contributed by atoms with Crippen LogP contribution >= 0.6 is 0 Å². The SMILES string of the molecule is COc1cccc(C(=O)Nc2ccc(OCc3cc(=O)n4ccc(C)cc4n3)cc2)c1. The standard InChI is InChI=1S/C24H21N3O4/c1-16-10-11-27-22(12-16)25-19(14-23(27)28)15-31-20-8-6-18(7-9-20)26-24(29)17-4-3-5-21(13-17)30-2/h3-14H,15H2,1-2H3,(H,26,29). The summed E-state index contributed by atoms with van der Waals surface area (Å²) >= 11 is 0. The number of ether oxygens (including phenoxy) is 2. The monoisotopic (exact) mass is 415 g/mol. The quantitative estimate of drug-likeness (QED) is 0.517. The highest BCUT2D eigenvalue weighted by atomic mass is 16.5. The van der Waals surface area contributed by atoms with Crippen LogP contribution in [0.15, 0.2) is 77.7 Å². The van der Waals surface area contributed by atoms with Crippen LogP contribution < -0.4 is 20.3 Å². The van der Waals surface area contributed by atoms with Crippen molar-refractivity contribution in [3.05, 3.63) is 100 Å². The molecule has 4 aromatic rings. The number of benzene rings is 2. The van der Waals surface area contributed by atoms with Gasteiger partial charge in [0.1, 0.15) is 23.8 Å². The van der Waals surface area contributed by atoms with Gasteiger partial charge in [0.05, 0.1) is 12.8 Å². The van der Waals surface area contributed by atoms with Crippen LogP contribution in [0.25, 0.3) is 5.65 Å². The molecule has 0 unspecified atom stereocenters. The number of carbonyl (C=O) groups is 1. The average Bonchev–Trinajstić information content (AvgIpc) is 2.78. The van der Waals surface area contributed by atoms with Gasteiger partial charge in [0.15, 0.2) is 0 Å². The lowest BCUT2D eigenvalue weighted by Crippen LogP contribution is -2.16. The number of hydrogen-bond donors (Lipinski definition) is 1. The van der Waals surface area contributed by atoms with Crippen molar-refractivity contribution in [2.24, 2.45) is 0 Å². The van der Waals surface area contributed by atoms with Crippen molar-refractivity contribution in [2.45, 2.75) is 13.5 Å². The molecule has 7 nitrogen and oxygen atoms in total. The van der Waals surface area contributed by atoms with Gasteiger partial charge in [-0.3, -0.25) is 14.0 Å². The van der Waals surface area contributed by atoms with Crippen LogP contribution in [0, 0.1) is 6.92 Å². The van der Waals surface area contributed by atoms with Gasteiger partial charge in [-0.2, -0.15) is 0 Å². The molecule has 0 saturated heterocycles. The molecule has 0 radical (unpaired) electrons. The fraction of sp³-hybridized carbons (Fsp3) is 0.125. The summed E-state index contributed by atoms with van der Waals surface area (Å²) in [7, 11) is 1.56. The molecule has 2 aromatic carbocycles. The number of aryl methyl sites for hydroxylation is 1. The maximum atomic E-state index is 12.4. The molecule has 0 atom stereocenters. The Hall–Kier alpha value is -4.13. The topological polar surface area (TPSA) is 81.9 Å². The zero-order chi connectivity index (χ0) is 21.8. The third-order valence-corrected chi connectivity index (χ3v) is 4.71. The van der Waals surface area contributed by atoms with Crippen molar-refractivity contribution < 1.29 is 14.3 Å². The van der Waals surface area contributed by atoms with E-state index in [9.17, 15) is 9.59 Å². The second-order valence-electron chi connectivity index (χ2n) is 7.02. The van der Waals surface area contributed by atoms with Gasteiger partial charge in [0.2, 0.25) is 0 Å². The maximum absolute atomic E-state index is 12.4. The molecular formula is C24H21N3O4. The Labute approximate surface area is 178 Å². The third-order valence-electron chi connectivity index (χ3n) is 4.71. The molecular weight excluding hydrogens is 394 g/mol. The number of rotatable bonds is 6. The van der Waals surface area contributed by atoms with Crippen LogP contribution in [0.4, 0.5) is 5.69 Å². The largest absolute Gasteiger partial charge is 0.497 e. The van der Waals surface area contributed by atoms with E-state index in [1.165, 1.54) is 10.5 Å². The fourth-order valence-electron chi connectivity index (χ4n) is 3.09. The normalized spacial score (nSPS) is 10.6. The molecule has 31 heavy (non-hydrogen) atoms. The summed E-state index contributed by atoms with van der Waals surface area (Å²) in [5, 5.41) is 2.84. The van der Waals surface area contributed by atoms with E-state index >= 15 is 0 Å². The summed E-state index contributed by atoms with van der Waals surface area (Å²) in [5.41, 5.74) is 3.14. The van der Waals surface area contributed by atoms with E-state index < -0.39 is 0 Å². The number of fused-ring (bicyclic) bond motifs is 1. The van der Waals surface area contributed by atoms with Gasteiger partial charge < -0.3 is 14.8 Å².